The second-order valence-corrected chi connectivity index (χ2v) is 5.24. The predicted octanol–water partition coefficient (Wildman–Crippen LogP) is 1.51. The van der Waals surface area contributed by atoms with Crippen LogP contribution in [0.3, 0.4) is 0 Å². The molecule has 0 amide bonds. The van der Waals surface area contributed by atoms with Crippen LogP contribution in [-0.4, -0.2) is 22.8 Å². The van der Waals surface area contributed by atoms with Gasteiger partial charge in [-0.15, -0.1) is 0 Å². The Morgan fingerprint density at radius 2 is 2.07 bits per heavy atom. The second kappa shape index (κ2) is 3.23. The van der Waals surface area contributed by atoms with E-state index in [4.69, 9.17) is 5.11 Å². The van der Waals surface area contributed by atoms with Crippen molar-refractivity contribution in [3.05, 3.63) is 0 Å². The number of hydrogen-bond donors (Lipinski definition) is 2. The molecule has 0 aliphatic heterocycles. The van der Waals surface area contributed by atoms with Gasteiger partial charge in [-0.25, -0.2) is 0 Å². The van der Waals surface area contributed by atoms with Crippen molar-refractivity contribution in [2.45, 2.75) is 32.6 Å². The fraction of sp³-hybridized carbons (Fsp3) is 0.909. The average molecular weight is 198 g/mol. The van der Waals surface area contributed by atoms with Gasteiger partial charge in [0, 0.05) is 6.61 Å². The minimum absolute atomic E-state index is 0.102. The Labute approximate surface area is 84.1 Å². The van der Waals surface area contributed by atoms with Crippen LogP contribution in [0, 0.1) is 23.2 Å². The number of aliphatic hydroxyl groups excluding tert-OH is 1. The Morgan fingerprint density at radius 1 is 1.50 bits per heavy atom. The van der Waals surface area contributed by atoms with Crippen LogP contribution in [0.4, 0.5) is 0 Å². The molecular weight excluding hydrogens is 180 g/mol. The minimum atomic E-state index is -0.648. The standard InChI is InChI=1S/C11H18O3/c1-7(6-12)3-11(10(13)14)4-8-2-9(8)5-11/h7-9,12H,2-6H2,1H3,(H,13,14). The van der Waals surface area contributed by atoms with E-state index in [1.165, 1.54) is 6.42 Å². The fourth-order valence-electron chi connectivity index (χ4n) is 3.06. The lowest BCUT2D eigenvalue weighted by molar-refractivity contribution is -0.150. The number of hydrogen-bond acceptors (Lipinski definition) is 2. The molecule has 0 spiro atoms. The van der Waals surface area contributed by atoms with Crippen LogP contribution in [-0.2, 0) is 4.79 Å². The van der Waals surface area contributed by atoms with Crippen molar-refractivity contribution in [1.82, 2.24) is 0 Å². The lowest BCUT2D eigenvalue weighted by atomic mass is 9.76. The van der Waals surface area contributed by atoms with E-state index in [9.17, 15) is 9.90 Å². The molecule has 0 heterocycles. The Kier molecular flexibility index (Phi) is 2.30. The summed E-state index contributed by atoms with van der Waals surface area (Å²) in [6.07, 6.45) is 3.57. The molecule has 3 unspecified atom stereocenters. The van der Waals surface area contributed by atoms with E-state index in [2.05, 4.69) is 0 Å². The summed E-state index contributed by atoms with van der Waals surface area (Å²) < 4.78 is 0. The fourth-order valence-corrected chi connectivity index (χ4v) is 3.06. The van der Waals surface area contributed by atoms with Crippen molar-refractivity contribution >= 4 is 5.97 Å². The number of aliphatic hydroxyl groups is 1. The molecule has 2 rings (SSSR count). The van der Waals surface area contributed by atoms with E-state index in [0.29, 0.717) is 18.3 Å². The van der Waals surface area contributed by atoms with E-state index >= 15 is 0 Å². The molecule has 0 aromatic carbocycles. The predicted molar refractivity (Wildman–Crippen MR) is 51.8 cm³/mol. The first-order chi connectivity index (χ1) is 6.57. The number of carboxylic acids is 1. The summed E-state index contributed by atoms with van der Waals surface area (Å²) in [5.74, 6) is 0.822. The first-order valence-corrected chi connectivity index (χ1v) is 5.41. The number of aliphatic carboxylic acids is 1. The molecule has 2 aliphatic carbocycles. The molecular formula is C11H18O3. The van der Waals surface area contributed by atoms with E-state index in [-0.39, 0.29) is 12.5 Å². The van der Waals surface area contributed by atoms with Gasteiger partial charge < -0.3 is 10.2 Å². The highest BCUT2D eigenvalue weighted by Crippen LogP contribution is 2.61. The molecule has 14 heavy (non-hydrogen) atoms. The molecule has 3 atom stereocenters. The molecule has 2 aliphatic rings. The first-order valence-electron chi connectivity index (χ1n) is 5.41. The lowest BCUT2D eigenvalue weighted by Gasteiger charge is -2.28. The van der Waals surface area contributed by atoms with Crippen molar-refractivity contribution in [2.75, 3.05) is 6.61 Å². The van der Waals surface area contributed by atoms with Crippen molar-refractivity contribution in [3.63, 3.8) is 0 Å². The molecule has 0 aromatic rings. The lowest BCUT2D eigenvalue weighted by Crippen LogP contribution is -2.32. The summed E-state index contributed by atoms with van der Waals surface area (Å²) in [6, 6.07) is 0. The quantitative estimate of drug-likeness (QED) is 0.719. The maximum Gasteiger partial charge on any atom is 0.309 e. The van der Waals surface area contributed by atoms with Crippen molar-refractivity contribution in [2.24, 2.45) is 23.2 Å². The maximum atomic E-state index is 11.3. The highest BCUT2D eigenvalue weighted by atomic mass is 16.4. The summed E-state index contributed by atoms with van der Waals surface area (Å²) in [7, 11) is 0. The van der Waals surface area contributed by atoms with Crippen LogP contribution in [0.15, 0.2) is 0 Å². The van der Waals surface area contributed by atoms with Crippen LogP contribution in [0.1, 0.15) is 32.6 Å². The Balaban J connectivity index is 2.04. The molecule has 3 nitrogen and oxygen atoms in total. The maximum absolute atomic E-state index is 11.3. The zero-order valence-corrected chi connectivity index (χ0v) is 8.57. The largest absolute Gasteiger partial charge is 0.481 e. The summed E-state index contributed by atoms with van der Waals surface area (Å²) >= 11 is 0. The average Bonchev–Trinajstić information content (AvgIpc) is 2.74. The second-order valence-electron chi connectivity index (χ2n) is 5.24. The van der Waals surface area contributed by atoms with Crippen molar-refractivity contribution in [3.8, 4) is 0 Å². The van der Waals surface area contributed by atoms with Crippen LogP contribution < -0.4 is 0 Å². The smallest absolute Gasteiger partial charge is 0.309 e. The molecule has 80 valence electrons. The van der Waals surface area contributed by atoms with Crippen LogP contribution in [0.25, 0.3) is 0 Å². The molecule has 2 fully saturated rings. The molecule has 0 saturated heterocycles. The highest BCUT2D eigenvalue weighted by molar-refractivity contribution is 5.75. The third-order valence-corrected chi connectivity index (χ3v) is 3.88. The van der Waals surface area contributed by atoms with E-state index in [0.717, 1.165) is 12.8 Å². The Bertz CT molecular complexity index is 239. The van der Waals surface area contributed by atoms with Crippen molar-refractivity contribution < 1.29 is 15.0 Å². The van der Waals surface area contributed by atoms with E-state index < -0.39 is 11.4 Å². The number of rotatable bonds is 4. The zero-order valence-electron chi connectivity index (χ0n) is 8.57. The zero-order chi connectivity index (χ0) is 10.3. The van der Waals surface area contributed by atoms with Gasteiger partial charge in [0.05, 0.1) is 5.41 Å². The van der Waals surface area contributed by atoms with Gasteiger partial charge in [0.2, 0.25) is 0 Å². The highest BCUT2D eigenvalue weighted by Gasteiger charge is 2.57. The number of carboxylic acid groups (broad SMARTS) is 1. The molecule has 0 bridgehead atoms. The van der Waals surface area contributed by atoms with E-state index in [1.807, 2.05) is 6.92 Å². The number of fused-ring (bicyclic) bond motifs is 1. The van der Waals surface area contributed by atoms with Crippen LogP contribution in [0.2, 0.25) is 0 Å². The number of carbonyl (C=O) groups is 1. The third kappa shape index (κ3) is 1.54. The summed E-state index contributed by atoms with van der Waals surface area (Å²) in [5, 5.41) is 18.2. The van der Waals surface area contributed by atoms with Crippen LogP contribution >= 0.6 is 0 Å². The summed E-state index contributed by atoms with van der Waals surface area (Å²) in [6.45, 7) is 2.03. The molecule has 3 heteroatoms. The summed E-state index contributed by atoms with van der Waals surface area (Å²) in [4.78, 5) is 11.3. The van der Waals surface area contributed by atoms with Crippen molar-refractivity contribution in [1.29, 1.82) is 0 Å². The van der Waals surface area contributed by atoms with Gasteiger partial charge in [0.25, 0.3) is 0 Å². The first kappa shape index (κ1) is 9.97. The topological polar surface area (TPSA) is 57.5 Å². The van der Waals surface area contributed by atoms with Gasteiger partial charge in [0.1, 0.15) is 0 Å². The van der Waals surface area contributed by atoms with Gasteiger partial charge in [-0.1, -0.05) is 6.92 Å². The molecule has 0 radical (unpaired) electrons. The Morgan fingerprint density at radius 3 is 2.50 bits per heavy atom. The minimum Gasteiger partial charge on any atom is -0.481 e. The van der Waals surface area contributed by atoms with Gasteiger partial charge in [-0.3, -0.25) is 4.79 Å². The van der Waals surface area contributed by atoms with E-state index in [1.54, 1.807) is 0 Å². The molecule has 2 saturated carbocycles. The molecule has 2 N–H and O–H groups in total. The van der Waals surface area contributed by atoms with Gasteiger partial charge >= 0.3 is 5.97 Å². The monoisotopic (exact) mass is 198 g/mol. The molecule has 0 aromatic heterocycles. The summed E-state index contributed by atoms with van der Waals surface area (Å²) in [5.41, 5.74) is -0.504. The van der Waals surface area contributed by atoms with Gasteiger partial charge in [0.15, 0.2) is 0 Å². The third-order valence-electron chi connectivity index (χ3n) is 3.88. The SMILES string of the molecule is CC(CO)CC1(C(=O)O)CC2CC2C1. The normalized spacial score (nSPS) is 41.9. The van der Waals surface area contributed by atoms with Crippen LogP contribution in [0.5, 0.6) is 0 Å². The van der Waals surface area contributed by atoms with Gasteiger partial charge in [-0.05, 0) is 43.4 Å². The Hall–Kier alpha value is -0.570. The van der Waals surface area contributed by atoms with Gasteiger partial charge in [-0.2, -0.15) is 0 Å².